The second-order valence-electron chi connectivity index (χ2n) is 4.73. The van der Waals surface area contributed by atoms with Gasteiger partial charge in [-0.2, -0.15) is 0 Å². The smallest absolute Gasteiger partial charge is 0.189 e. The Morgan fingerprint density at radius 1 is 1.05 bits per heavy atom. The van der Waals surface area contributed by atoms with Crippen molar-refractivity contribution >= 4 is 22.7 Å². The van der Waals surface area contributed by atoms with Crippen molar-refractivity contribution in [2.75, 3.05) is 6.26 Å². The normalized spacial score (nSPS) is 10.8. The summed E-state index contributed by atoms with van der Waals surface area (Å²) in [6, 6.07) is 17.8. The molecule has 3 rings (SSSR count). The maximum Gasteiger partial charge on any atom is 0.189 e. The Kier molecular flexibility index (Phi) is 3.61. The first-order valence-electron chi connectivity index (χ1n) is 6.50. The first kappa shape index (κ1) is 13.0. The van der Waals surface area contributed by atoms with Crippen molar-refractivity contribution in [2.45, 2.75) is 11.3 Å². The predicted octanol–water partition coefficient (Wildman–Crippen LogP) is 3.84. The average molecular weight is 281 g/mol. The number of thioether (sulfide) groups is 1. The molecule has 0 saturated carbocycles. The molecular formula is C17H15NOS. The molecule has 0 radical (unpaired) electrons. The van der Waals surface area contributed by atoms with Crippen LogP contribution in [-0.4, -0.2) is 11.2 Å². The van der Waals surface area contributed by atoms with Crippen molar-refractivity contribution in [3.63, 3.8) is 0 Å². The Morgan fingerprint density at radius 3 is 2.55 bits per heavy atom. The molecule has 2 nitrogen and oxygen atoms in total. The summed E-state index contributed by atoms with van der Waals surface area (Å²) in [5, 5.41) is 0.744. The zero-order chi connectivity index (χ0) is 13.9. The standard InChI is InChI=1S/C17H15NOS/c1-20-14-8-6-12(7-9-14)10-13-11-17(19)15-4-2-3-5-16(15)18-13/h2-9,11H,10H2,1H3,(H,18,19). The highest BCUT2D eigenvalue weighted by Gasteiger charge is 2.02. The number of H-pyrrole nitrogens is 1. The number of hydrogen-bond acceptors (Lipinski definition) is 2. The fourth-order valence-corrected chi connectivity index (χ4v) is 2.72. The van der Waals surface area contributed by atoms with E-state index in [2.05, 4.69) is 35.5 Å². The van der Waals surface area contributed by atoms with Crippen LogP contribution in [0.5, 0.6) is 0 Å². The number of benzene rings is 2. The zero-order valence-corrected chi connectivity index (χ0v) is 12.0. The molecule has 0 aliphatic carbocycles. The third kappa shape index (κ3) is 2.63. The Morgan fingerprint density at radius 2 is 1.80 bits per heavy atom. The van der Waals surface area contributed by atoms with E-state index in [9.17, 15) is 4.79 Å². The van der Waals surface area contributed by atoms with Gasteiger partial charge in [0.15, 0.2) is 5.43 Å². The molecule has 100 valence electrons. The second-order valence-corrected chi connectivity index (χ2v) is 5.61. The molecule has 0 bridgehead atoms. The molecule has 0 atom stereocenters. The van der Waals surface area contributed by atoms with Gasteiger partial charge in [-0.15, -0.1) is 11.8 Å². The lowest BCUT2D eigenvalue weighted by Crippen LogP contribution is -2.05. The molecule has 0 amide bonds. The first-order chi connectivity index (χ1) is 9.76. The molecule has 3 aromatic rings. The number of nitrogens with one attached hydrogen (secondary N) is 1. The summed E-state index contributed by atoms with van der Waals surface area (Å²) in [5.41, 5.74) is 3.13. The highest BCUT2D eigenvalue weighted by Crippen LogP contribution is 2.17. The van der Waals surface area contributed by atoms with E-state index in [1.807, 2.05) is 24.3 Å². The van der Waals surface area contributed by atoms with E-state index in [0.717, 1.165) is 23.0 Å². The van der Waals surface area contributed by atoms with Crippen molar-refractivity contribution < 1.29 is 0 Å². The van der Waals surface area contributed by atoms with Gasteiger partial charge >= 0.3 is 0 Å². The lowest BCUT2D eigenvalue weighted by Gasteiger charge is -2.05. The molecular weight excluding hydrogens is 266 g/mol. The molecule has 2 aromatic carbocycles. The third-order valence-corrected chi connectivity index (χ3v) is 4.09. The number of hydrogen-bond donors (Lipinski definition) is 1. The number of aromatic nitrogens is 1. The quantitative estimate of drug-likeness (QED) is 0.740. The van der Waals surface area contributed by atoms with E-state index in [-0.39, 0.29) is 5.43 Å². The summed E-state index contributed by atoms with van der Waals surface area (Å²) >= 11 is 1.73. The van der Waals surface area contributed by atoms with E-state index >= 15 is 0 Å². The fraction of sp³-hybridized carbons (Fsp3) is 0.118. The minimum atomic E-state index is 0.0788. The van der Waals surface area contributed by atoms with Gasteiger partial charge in [0, 0.05) is 34.0 Å². The molecule has 0 saturated heterocycles. The monoisotopic (exact) mass is 281 g/mol. The summed E-state index contributed by atoms with van der Waals surface area (Å²) in [4.78, 5) is 16.7. The van der Waals surface area contributed by atoms with Gasteiger partial charge in [-0.25, -0.2) is 0 Å². The van der Waals surface area contributed by atoms with Crippen molar-refractivity contribution in [3.8, 4) is 0 Å². The highest BCUT2D eigenvalue weighted by atomic mass is 32.2. The maximum atomic E-state index is 12.1. The molecule has 0 aliphatic heterocycles. The van der Waals surface area contributed by atoms with Crippen LogP contribution in [0.25, 0.3) is 10.9 Å². The van der Waals surface area contributed by atoms with Crippen LogP contribution in [0, 0.1) is 0 Å². The van der Waals surface area contributed by atoms with Gasteiger partial charge in [-0.1, -0.05) is 24.3 Å². The Hall–Kier alpha value is -2.00. The van der Waals surface area contributed by atoms with Crippen LogP contribution < -0.4 is 5.43 Å². The summed E-state index contributed by atoms with van der Waals surface area (Å²) < 4.78 is 0. The Bertz CT molecular complexity index is 790. The van der Waals surface area contributed by atoms with E-state index in [4.69, 9.17) is 0 Å². The molecule has 1 aromatic heterocycles. The molecule has 0 fully saturated rings. The SMILES string of the molecule is CSc1ccc(Cc2cc(=O)c3ccccc3[nH]2)cc1. The van der Waals surface area contributed by atoms with Gasteiger partial charge in [0.1, 0.15) is 0 Å². The van der Waals surface area contributed by atoms with Crippen LogP contribution in [-0.2, 0) is 6.42 Å². The van der Waals surface area contributed by atoms with E-state index in [1.165, 1.54) is 10.5 Å². The van der Waals surface area contributed by atoms with Gasteiger partial charge in [-0.05, 0) is 36.1 Å². The average Bonchev–Trinajstić information content (AvgIpc) is 2.48. The summed E-state index contributed by atoms with van der Waals surface area (Å²) in [5.74, 6) is 0. The van der Waals surface area contributed by atoms with Crippen molar-refractivity contribution in [2.24, 2.45) is 0 Å². The van der Waals surface area contributed by atoms with Crippen LogP contribution in [0.3, 0.4) is 0 Å². The first-order valence-corrected chi connectivity index (χ1v) is 7.72. The van der Waals surface area contributed by atoms with Crippen molar-refractivity contribution in [1.82, 2.24) is 4.98 Å². The van der Waals surface area contributed by atoms with Crippen molar-refractivity contribution in [1.29, 1.82) is 0 Å². The van der Waals surface area contributed by atoms with Gasteiger partial charge in [0.2, 0.25) is 0 Å². The lowest BCUT2D eigenvalue weighted by atomic mass is 10.1. The van der Waals surface area contributed by atoms with Crippen molar-refractivity contribution in [3.05, 3.63) is 76.1 Å². The lowest BCUT2D eigenvalue weighted by molar-refractivity contribution is 1.09. The van der Waals surface area contributed by atoms with Crippen LogP contribution in [0.4, 0.5) is 0 Å². The fourth-order valence-electron chi connectivity index (χ4n) is 2.31. The molecule has 0 aliphatic rings. The van der Waals surface area contributed by atoms with Gasteiger partial charge < -0.3 is 4.98 Å². The minimum Gasteiger partial charge on any atom is -0.358 e. The van der Waals surface area contributed by atoms with E-state index in [0.29, 0.717) is 0 Å². The Balaban J connectivity index is 1.96. The summed E-state index contributed by atoms with van der Waals surface area (Å²) in [6.07, 6.45) is 2.81. The molecule has 1 N–H and O–H groups in total. The van der Waals surface area contributed by atoms with Crippen LogP contribution >= 0.6 is 11.8 Å². The maximum absolute atomic E-state index is 12.1. The topological polar surface area (TPSA) is 32.9 Å². The van der Waals surface area contributed by atoms with E-state index in [1.54, 1.807) is 17.8 Å². The number of rotatable bonds is 3. The minimum absolute atomic E-state index is 0.0788. The molecule has 0 unspecified atom stereocenters. The highest BCUT2D eigenvalue weighted by molar-refractivity contribution is 7.98. The summed E-state index contributed by atoms with van der Waals surface area (Å²) in [7, 11) is 0. The second kappa shape index (κ2) is 5.55. The molecule has 3 heteroatoms. The van der Waals surface area contributed by atoms with Crippen LogP contribution in [0.2, 0.25) is 0 Å². The number of aromatic amines is 1. The number of para-hydroxylation sites is 1. The molecule has 1 heterocycles. The largest absolute Gasteiger partial charge is 0.358 e. The van der Waals surface area contributed by atoms with Gasteiger partial charge in [0.25, 0.3) is 0 Å². The predicted molar refractivity (Wildman–Crippen MR) is 85.6 cm³/mol. The Labute approximate surface area is 121 Å². The zero-order valence-electron chi connectivity index (χ0n) is 11.2. The number of pyridine rings is 1. The van der Waals surface area contributed by atoms with Gasteiger partial charge in [0.05, 0.1) is 0 Å². The third-order valence-electron chi connectivity index (χ3n) is 3.35. The van der Waals surface area contributed by atoms with E-state index < -0.39 is 0 Å². The van der Waals surface area contributed by atoms with Crippen LogP contribution in [0.1, 0.15) is 11.3 Å². The summed E-state index contributed by atoms with van der Waals surface area (Å²) in [6.45, 7) is 0. The number of fused-ring (bicyclic) bond motifs is 1. The van der Waals surface area contributed by atoms with Gasteiger partial charge in [-0.3, -0.25) is 4.79 Å². The molecule has 0 spiro atoms. The molecule has 20 heavy (non-hydrogen) atoms. The van der Waals surface area contributed by atoms with Crippen LogP contribution in [0.15, 0.2) is 64.3 Å².